The first-order valence-electron chi connectivity index (χ1n) is 9.04. The Morgan fingerprint density at radius 2 is 1.82 bits per heavy atom. The van der Waals surface area contributed by atoms with Gasteiger partial charge in [0.2, 0.25) is 0 Å². The molecule has 140 valence electrons. The van der Waals surface area contributed by atoms with Crippen molar-refractivity contribution in [2.45, 2.75) is 12.8 Å². The number of aromatic nitrogens is 1. The molecule has 0 bridgehead atoms. The van der Waals surface area contributed by atoms with Crippen LogP contribution in [-0.4, -0.2) is 17.0 Å². The minimum absolute atomic E-state index is 0.0294. The van der Waals surface area contributed by atoms with E-state index in [4.69, 9.17) is 0 Å². The highest BCUT2D eigenvalue weighted by Gasteiger charge is 2.10. The first kappa shape index (κ1) is 19.1. The van der Waals surface area contributed by atoms with Crippen LogP contribution < -0.4 is 5.32 Å². The summed E-state index contributed by atoms with van der Waals surface area (Å²) in [5, 5.41) is 12.2. The summed E-state index contributed by atoms with van der Waals surface area (Å²) < 4.78 is 14.9. The molecule has 0 fully saturated rings. The van der Waals surface area contributed by atoms with E-state index in [1.54, 1.807) is 29.0 Å². The first-order chi connectivity index (χ1) is 13.7. The molecule has 28 heavy (non-hydrogen) atoms. The Kier molecular flexibility index (Phi) is 6.37. The summed E-state index contributed by atoms with van der Waals surface area (Å²) in [6, 6.07) is 21.6. The molecule has 0 aliphatic rings. The number of hydrogen-bond acceptors (Lipinski definition) is 2. The Balaban J connectivity index is 1.64. The average molecular weight is 373 g/mol. The van der Waals surface area contributed by atoms with E-state index < -0.39 is 5.91 Å². The molecule has 3 aromatic rings. The van der Waals surface area contributed by atoms with Crippen LogP contribution in [0.5, 0.6) is 0 Å². The molecule has 0 saturated carbocycles. The normalized spacial score (nSPS) is 11.1. The lowest BCUT2D eigenvalue weighted by atomic mass is 10.1. The van der Waals surface area contributed by atoms with E-state index in [9.17, 15) is 14.4 Å². The maximum absolute atomic E-state index is 13.1. The van der Waals surface area contributed by atoms with Crippen molar-refractivity contribution in [3.8, 4) is 11.8 Å². The molecule has 0 radical (unpaired) electrons. The van der Waals surface area contributed by atoms with E-state index in [1.165, 1.54) is 23.8 Å². The number of hydrogen-bond donors (Lipinski definition) is 1. The number of amides is 1. The van der Waals surface area contributed by atoms with E-state index >= 15 is 0 Å². The lowest BCUT2D eigenvalue weighted by molar-refractivity contribution is -0.117. The van der Waals surface area contributed by atoms with E-state index in [1.807, 2.05) is 42.5 Å². The van der Waals surface area contributed by atoms with E-state index in [2.05, 4.69) is 5.32 Å². The van der Waals surface area contributed by atoms with Gasteiger partial charge >= 0.3 is 0 Å². The summed E-state index contributed by atoms with van der Waals surface area (Å²) >= 11 is 0. The highest BCUT2D eigenvalue weighted by molar-refractivity contribution is 6.01. The second kappa shape index (κ2) is 9.33. The average Bonchev–Trinajstić information content (AvgIpc) is 3.19. The molecule has 0 saturated heterocycles. The fourth-order valence-corrected chi connectivity index (χ4v) is 2.88. The predicted octanol–water partition coefficient (Wildman–Crippen LogP) is 4.27. The van der Waals surface area contributed by atoms with Gasteiger partial charge in [-0.2, -0.15) is 5.26 Å². The molecule has 0 aliphatic heterocycles. The van der Waals surface area contributed by atoms with Crippen LogP contribution in [0.1, 0.15) is 17.7 Å². The Labute approximate surface area is 163 Å². The number of nitrogens with zero attached hydrogens (tertiary/aromatic N) is 2. The van der Waals surface area contributed by atoms with E-state index in [0.29, 0.717) is 12.2 Å². The number of carbonyl (C=O) groups excluding carboxylic acids is 1. The third-order valence-corrected chi connectivity index (χ3v) is 4.31. The van der Waals surface area contributed by atoms with Crippen LogP contribution in [0.25, 0.3) is 11.8 Å². The zero-order chi connectivity index (χ0) is 19.8. The smallest absolute Gasteiger partial charge is 0.262 e. The maximum Gasteiger partial charge on any atom is 0.262 e. The van der Waals surface area contributed by atoms with Crippen molar-refractivity contribution in [2.24, 2.45) is 0 Å². The van der Waals surface area contributed by atoms with Crippen molar-refractivity contribution in [1.29, 1.82) is 5.26 Å². The van der Waals surface area contributed by atoms with Gasteiger partial charge in [0.25, 0.3) is 5.91 Å². The van der Waals surface area contributed by atoms with Crippen LogP contribution in [0.4, 0.5) is 4.39 Å². The summed E-state index contributed by atoms with van der Waals surface area (Å²) in [6.45, 7) is 0.492. The fourth-order valence-electron chi connectivity index (χ4n) is 2.88. The molecule has 0 atom stereocenters. The summed E-state index contributed by atoms with van der Waals surface area (Å²) in [6.07, 6.45) is 4.99. The van der Waals surface area contributed by atoms with Crippen LogP contribution in [0, 0.1) is 17.1 Å². The zero-order valence-electron chi connectivity index (χ0n) is 15.3. The number of carbonyl (C=O) groups is 1. The van der Waals surface area contributed by atoms with Crippen LogP contribution in [0.2, 0.25) is 0 Å². The molecule has 0 aliphatic carbocycles. The largest absolute Gasteiger partial charge is 0.351 e. The van der Waals surface area contributed by atoms with Crippen LogP contribution in [-0.2, 0) is 11.2 Å². The van der Waals surface area contributed by atoms with Crippen molar-refractivity contribution in [3.63, 3.8) is 0 Å². The van der Waals surface area contributed by atoms with Gasteiger partial charge in [-0.1, -0.05) is 30.3 Å². The summed E-state index contributed by atoms with van der Waals surface area (Å²) in [5.41, 5.74) is 2.66. The fraction of sp³-hybridized carbons (Fsp3) is 0.130. The van der Waals surface area contributed by atoms with Crippen molar-refractivity contribution < 1.29 is 9.18 Å². The van der Waals surface area contributed by atoms with Gasteiger partial charge in [0.05, 0.1) is 0 Å². The molecule has 5 heteroatoms. The second-order valence-electron chi connectivity index (χ2n) is 6.29. The summed E-state index contributed by atoms with van der Waals surface area (Å²) in [7, 11) is 0. The van der Waals surface area contributed by atoms with E-state index in [-0.39, 0.29) is 11.4 Å². The third kappa shape index (κ3) is 4.95. The molecule has 4 nitrogen and oxygen atoms in total. The highest BCUT2D eigenvalue weighted by Crippen LogP contribution is 2.16. The summed E-state index contributed by atoms with van der Waals surface area (Å²) in [4.78, 5) is 12.3. The monoisotopic (exact) mass is 373 g/mol. The number of aryl methyl sites for hydroxylation is 1. The standard InChI is InChI=1S/C23H20FN3O/c24-20-10-12-21(13-11-20)27-15-5-9-22(27)16-19(17-25)23(28)26-14-4-8-18-6-2-1-3-7-18/h1-3,5-7,9-13,15-16H,4,8,14H2,(H,26,28)/b19-16-. The quantitative estimate of drug-likeness (QED) is 0.382. The molecule has 0 spiro atoms. The van der Waals surface area contributed by atoms with Gasteiger partial charge in [-0.25, -0.2) is 4.39 Å². The number of halogens is 1. The molecule has 3 rings (SSSR count). The predicted molar refractivity (Wildman–Crippen MR) is 107 cm³/mol. The minimum Gasteiger partial charge on any atom is -0.351 e. The molecule has 1 N–H and O–H groups in total. The summed E-state index contributed by atoms with van der Waals surface area (Å²) in [5.74, 6) is -0.719. The van der Waals surface area contributed by atoms with Crippen molar-refractivity contribution >= 4 is 12.0 Å². The highest BCUT2D eigenvalue weighted by atomic mass is 19.1. The molecule has 0 unspecified atom stereocenters. The molecule has 1 aromatic heterocycles. The molecular formula is C23H20FN3O. The topological polar surface area (TPSA) is 57.8 Å². The SMILES string of the molecule is N#C/C(=C/c1cccn1-c1ccc(F)cc1)C(=O)NCCCc1ccccc1. The van der Waals surface area contributed by atoms with Gasteiger partial charge in [-0.05, 0) is 60.9 Å². The van der Waals surface area contributed by atoms with E-state index in [0.717, 1.165) is 18.5 Å². The number of rotatable bonds is 7. The van der Waals surface area contributed by atoms with Gasteiger partial charge in [-0.3, -0.25) is 4.79 Å². The Hall–Kier alpha value is -3.65. The van der Waals surface area contributed by atoms with Gasteiger partial charge < -0.3 is 9.88 Å². The number of nitrogens with one attached hydrogen (secondary N) is 1. The number of nitriles is 1. The van der Waals surface area contributed by atoms with Crippen molar-refractivity contribution in [2.75, 3.05) is 6.54 Å². The Morgan fingerprint density at radius 1 is 1.07 bits per heavy atom. The molecular weight excluding hydrogens is 353 g/mol. The van der Waals surface area contributed by atoms with Crippen LogP contribution >= 0.6 is 0 Å². The lowest BCUT2D eigenvalue weighted by Crippen LogP contribution is -2.26. The molecule has 2 aromatic carbocycles. The lowest BCUT2D eigenvalue weighted by Gasteiger charge is -2.08. The number of benzene rings is 2. The van der Waals surface area contributed by atoms with Gasteiger partial charge in [0.15, 0.2) is 0 Å². The van der Waals surface area contributed by atoms with Crippen LogP contribution in [0.15, 0.2) is 78.5 Å². The third-order valence-electron chi connectivity index (χ3n) is 4.31. The Bertz CT molecular complexity index is 998. The molecule has 1 amide bonds. The van der Waals surface area contributed by atoms with Crippen molar-refractivity contribution in [1.82, 2.24) is 9.88 Å². The van der Waals surface area contributed by atoms with Gasteiger partial charge in [-0.15, -0.1) is 0 Å². The molecule has 1 heterocycles. The second-order valence-corrected chi connectivity index (χ2v) is 6.29. The Morgan fingerprint density at radius 3 is 2.54 bits per heavy atom. The van der Waals surface area contributed by atoms with Crippen LogP contribution in [0.3, 0.4) is 0 Å². The van der Waals surface area contributed by atoms with Gasteiger partial charge in [0, 0.05) is 24.1 Å². The maximum atomic E-state index is 13.1. The first-order valence-corrected chi connectivity index (χ1v) is 9.04. The zero-order valence-corrected chi connectivity index (χ0v) is 15.3. The van der Waals surface area contributed by atoms with Crippen molar-refractivity contribution in [3.05, 3.63) is 95.6 Å². The van der Waals surface area contributed by atoms with Gasteiger partial charge in [0.1, 0.15) is 17.5 Å². The minimum atomic E-state index is -0.401.